The van der Waals surface area contributed by atoms with Crippen molar-refractivity contribution in [3.8, 4) is 0 Å². The largest absolute Gasteiger partial charge is 0.357 e. The lowest BCUT2D eigenvalue weighted by Crippen LogP contribution is -2.28. The van der Waals surface area contributed by atoms with E-state index < -0.39 is 0 Å². The third-order valence-corrected chi connectivity index (χ3v) is 10.5. The summed E-state index contributed by atoms with van der Waals surface area (Å²) in [5, 5.41) is 0. The van der Waals surface area contributed by atoms with Gasteiger partial charge in [0.2, 0.25) is 0 Å². The molecule has 0 aromatic heterocycles. The Morgan fingerprint density at radius 2 is 1.49 bits per heavy atom. The molecule has 3 heteroatoms. The quantitative estimate of drug-likeness (QED) is 0.194. The number of thiol groups is 1. The Kier molecular flexibility index (Phi) is 10.9. The lowest BCUT2D eigenvalue weighted by atomic mass is 9.91. The second-order valence-corrected chi connectivity index (χ2v) is 13.9. The lowest BCUT2D eigenvalue weighted by molar-refractivity contribution is 0.772. The Morgan fingerprint density at radius 3 is 2.20 bits per heavy atom. The molecule has 0 bridgehead atoms. The molecule has 3 aliphatic rings. The van der Waals surface area contributed by atoms with Crippen molar-refractivity contribution in [1.82, 2.24) is 0 Å². The molecule has 0 fully saturated rings. The van der Waals surface area contributed by atoms with Gasteiger partial charge in [-0.3, -0.25) is 0 Å². The standard InChI is InChI=1S/C48H46N2S/c1-36-33-41(38-19-8-3-9-20-38)34-47(40-23-12-5-13-24-40)49(42-25-14-6-15-26-42)32-18-29-46(37(36)2)50(43-27-16-7-17-28-43)44-30-31-48(51)45(35-44)39-21-10-4-11-22-39/h3-6,8-16,18-21,23-31,33-35,39,47,51H,7,17,22,32H2,1-2H3/b29-18-,36-33+,41-34+,46-37-. The molecule has 2 nitrogen and oxygen atoms in total. The number of rotatable bonds is 7. The van der Waals surface area contributed by atoms with Crippen molar-refractivity contribution in [3.05, 3.63) is 215 Å². The Morgan fingerprint density at radius 1 is 0.745 bits per heavy atom. The molecular weight excluding hydrogens is 637 g/mol. The van der Waals surface area contributed by atoms with E-state index >= 15 is 0 Å². The van der Waals surface area contributed by atoms with Gasteiger partial charge in [0.15, 0.2) is 0 Å². The SMILES string of the molecule is CC1=C(N(C2=CCCC=C2)c2ccc(S)c(C3C=CC=CC3)c2)\C=C/CN(c2ccccc2)C(c2ccccc2)/C=C(c2ccccc2)\C=C\1C. The summed E-state index contributed by atoms with van der Waals surface area (Å²) < 4.78 is 0. The van der Waals surface area contributed by atoms with E-state index in [-0.39, 0.29) is 6.04 Å². The van der Waals surface area contributed by atoms with E-state index in [9.17, 15) is 0 Å². The highest BCUT2D eigenvalue weighted by molar-refractivity contribution is 7.80. The summed E-state index contributed by atoms with van der Waals surface area (Å²) in [6.07, 6.45) is 28.4. The Bertz CT molecular complexity index is 2080. The fraction of sp³-hybridized carbons (Fsp3) is 0.167. The van der Waals surface area contributed by atoms with E-state index in [0.717, 1.165) is 42.1 Å². The van der Waals surface area contributed by atoms with E-state index in [4.69, 9.17) is 12.6 Å². The average molecular weight is 683 g/mol. The van der Waals surface area contributed by atoms with Crippen molar-refractivity contribution in [2.24, 2.45) is 0 Å². The van der Waals surface area contributed by atoms with Gasteiger partial charge >= 0.3 is 0 Å². The van der Waals surface area contributed by atoms with Crippen LogP contribution < -0.4 is 9.80 Å². The van der Waals surface area contributed by atoms with E-state index in [1.54, 1.807) is 0 Å². The molecule has 2 aliphatic carbocycles. The molecule has 0 spiro atoms. The van der Waals surface area contributed by atoms with Crippen molar-refractivity contribution in [1.29, 1.82) is 0 Å². The summed E-state index contributed by atoms with van der Waals surface area (Å²) >= 11 is 4.96. The molecule has 7 rings (SSSR count). The van der Waals surface area contributed by atoms with Crippen LogP contribution in [0, 0.1) is 0 Å². The minimum Gasteiger partial charge on any atom is -0.357 e. The van der Waals surface area contributed by atoms with E-state index in [1.165, 1.54) is 44.8 Å². The number of hydrogen-bond acceptors (Lipinski definition) is 3. The minimum absolute atomic E-state index is 0.00235. The normalized spacial score (nSPS) is 23.4. The Hall–Kier alpha value is -5.25. The molecule has 4 aromatic carbocycles. The van der Waals surface area contributed by atoms with Gasteiger partial charge < -0.3 is 9.80 Å². The molecule has 2 unspecified atom stereocenters. The number of anilines is 2. The zero-order chi connectivity index (χ0) is 35.0. The summed E-state index contributed by atoms with van der Waals surface area (Å²) in [6, 6.07) is 39.3. The van der Waals surface area contributed by atoms with Gasteiger partial charge in [0.25, 0.3) is 0 Å². The molecule has 2 atom stereocenters. The first-order valence-electron chi connectivity index (χ1n) is 18.1. The van der Waals surface area contributed by atoms with Crippen LogP contribution in [-0.2, 0) is 0 Å². The van der Waals surface area contributed by atoms with Gasteiger partial charge in [-0.25, -0.2) is 0 Å². The van der Waals surface area contributed by atoms with E-state index in [2.05, 4.69) is 200 Å². The molecule has 1 heterocycles. The van der Waals surface area contributed by atoms with Crippen LogP contribution in [0.1, 0.15) is 61.8 Å². The van der Waals surface area contributed by atoms with Crippen molar-refractivity contribution < 1.29 is 0 Å². The van der Waals surface area contributed by atoms with Crippen LogP contribution >= 0.6 is 12.6 Å². The van der Waals surface area contributed by atoms with Gasteiger partial charge in [0.05, 0.1) is 6.04 Å². The number of hydrogen-bond donors (Lipinski definition) is 1. The third-order valence-electron chi connectivity index (χ3n) is 10.1. The van der Waals surface area contributed by atoms with Crippen LogP contribution in [-0.4, -0.2) is 6.54 Å². The van der Waals surface area contributed by atoms with Crippen molar-refractivity contribution >= 4 is 29.6 Å². The molecular formula is C48H46N2S. The Balaban J connectivity index is 1.43. The van der Waals surface area contributed by atoms with Crippen LogP contribution in [0.25, 0.3) is 5.57 Å². The zero-order valence-corrected chi connectivity index (χ0v) is 30.5. The van der Waals surface area contributed by atoms with Gasteiger partial charge in [0.1, 0.15) is 0 Å². The maximum atomic E-state index is 4.96. The van der Waals surface area contributed by atoms with Gasteiger partial charge in [-0.1, -0.05) is 127 Å². The minimum atomic E-state index is 0.00235. The maximum absolute atomic E-state index is 4.96. The van der Waals surface area contributed by atoms with E-state index in [0.29, 0.717) is 5.92 Å². The number of nitrogens with zero attached hydrogens (tertiary/aromatic N) is 2. The lowest BCUT2D eigenvalue weighted by Gasteiger charge is -2.33. The third kappa shape index (κ3) is 7.90. The first kappa shape index (κ1) is 34.2. The first-order valence-corrected chi connectivity index (χ1v) is 18.5. The van der Waals surface area contributed by atoms with E-state index in [1.807, 2.05) is 0 Å². The maximum Gasteiger partial charge on any atom is 0.0739 e. The smallest absolute Gasteiger partial charge is 0.0739 e. The van der Waals surface area contributed by atoms with Gasteiger partial charge in [-0.05, 0) is 115 Å². The van der Waals surface area contributed by atoms with Crippen LogP contribution in [0.2, 0.25) is 0 Å². The zero-order valence-electron chi connectivity index (χ0n) is 29.6. The highest BCUT2D eigenvalue weighted by atomic mass is 32.1. The summed E-state index contributed by atoms with van der Waals surface area (Å²) in [4.78, 5) is 6.00. The van der Waals surface area contributed by atoms with Gasteiger partial charge in [-0.2, -0.15) is 0 Å². The molecule has 0 N–H and O–H groups in total. The number of allylic oxidation sites excluding steroid dienone is 12. The molecule has 0 amide bonds. The van der Waals surface area contributed by atoms with Gasteiger partial charge in [0, 0.05) is 40.1 Å². The number of para-hydroxylation sites is 1. The predicted octanol–water partition coefficient (Wildman–Crippen LogP) is 12.7. The monoisotopic (exact) mass is 682 g/mol. The summed E-state index contributed by atoms with van der Waals surface area (Å²) in [5.41, 5.74) is 12.0. The van der Waals surface area contributed by atoms with Crippen molar-refractivity contribution in [2.45, 2.75) is 50.0 Å². The second kappa shape index (κ2) is 16.2. The van der Waals surface area contributed by atoms with Crippen molar-refractivity contribution in [2.75, 3.05) is 16.3 Å². The number of benzene rings is 4. The first-order chi connectivity index (χ1) is 25.1. The molecule has 51 heavy (non-hydrogen) atoms. The summed E-state index contributed by atoms with van der Waals surface area (Å²) in [7, 11) is 0. The molecule has 4 aromatic rings. The highest BCUT2D eigenvalue weighted by Crippen LogP contribution is 2.39. The van der Waals surface area contributed by atoms with Crippen molar-refractivity contribution in [3.63, 3.8) is 0 Å². The molecule has 0 saturated heterocycles. The van der Waals surface area contributed by atoms with Crippen LogP contribution in [0.15, 0.2) is 203 Å². The molecule has 254 valence electrons. The molecule has 0 saturated carbocycles. The van der Waals surface area contributed by atoms with Crippen LogP contribution in [0.4, 0.5) is 11.4 Å². The fourth-order valence-corrected chi connectivity index (χ4v) is 7.52. The highest BCUT2D eigenvalue weighted by Gasteiger charge is 2.24. The van der Waals surface area contributed by atoms with Gasteiger partial charge in [-0.15, -0.1) is 12.6 Å². The predicted molar refractivity (Wildman–Crippen MR) is 221 cm³/mol. The second-order valence-electron chi connectivity index (χ2n) is 13.4. The van der Waals surface area contributed by atoms with Crippen LogP contribution in [0.5, 0.6) is 0 Å². The molecule has 0 radical (unpaired) electrons. The van der Waals surface area contributed by atoms with Crippen LogP contribution in [0.3, 0.4) is 0 Å². The summed E-state index contributed by atoms with van der Waals surface area (Å²) in [5.74, 6) is 0.299. The Labute approximate surface area is 310 Å². The topological polar surface area (TPSA) is 6.48 Å². The molecule has 1 aliphatic heterocycles. The fourth-order valence-electron chi connectivity index (χ4n) is 7.21. The summed E-state index contributed by atoms with van der Waals surface area (Å²) in [6.45, 7) is 5.26. The average Bonchev–Trinajstić information content (AvgIpc) is 3.21.